The molecule has 0 heterocycles. The van der Waals surface area contributed by atoms with Crippen molar-refractivity contribution in [3.8, 4) is 0 Å². The smallest absolute Gasteiger partial charge is 0.170 e. The molecule has 2 N–H and O–H groups in total. The number of nitrogens with one attached hydrogen (secondary N) is 2. The van der Waals surface area contributed by atoms with E-state index in [-0.39, 0.29) is 0 Å². The number of aryl methyl sites for hydroxylation is 1. The van der Waals surface area contributed by atoms with Crippen LogP contribution < -0.4 is 10.6 Å². The number of thiocarbonyl (C=S) groups is 1. The predicted molar refractivity (Wildman–Crippen MR) is 103 cm³/mol. The van der Waals surface area contributed by atoms with Crippen molar-refractivity contribution in [2.45, 2.75) is 12.8 Å². The van der Waals surface area contributed by atoms with E-state index in [1.807, 2.05) is 24.3 Å². The highest BCUT2D eigenvalue weighted by Crippen LogP contribution is 2.22. The molecule has 0 spiro atoms. The van der Waals surface area contributed by atoms with Crippen molar-refractivity contribution in [2.24, 2.45) is 0 Å². The molecular formula is C20H20N2S. The number of hydrogen-bond donors (Lipinski definition) is 2. The van der Waals surface area contributed by atoms with E-state index in [1.165, 1.54) is 16.3 Å². The molecule has 23 heavy (non-hydrogen) atoms. The highest BCUT2D eigenvalue weighted by Gasteiger charge is 2.02. The average Bonchev–Trinajstić information content (AvgIpc) is 2.60. The van der Waals surface area contributed by atoms with Crippen molar-refractivity contribution in [3.05, 3.63) is 78.4 Å². The van der Waals surface area contributed by atoms with Gasteiger partial charge in [-0.25, -0.2) is 0 Å². The monoisotopic (exact) mass is 320 g/mol. The molecule has 3 aromatic carbocycles. The fraction of sp³-hybridized carbons (Fsp3) is 0.150. The normalized spacial score (nSPS) is 10.4. The van der Waals surface area contributed by atoms with Crippen LogP contribution in [-0.4, -0.2) is 11.7 Å². The van der Waals surface area contributed by atoms with Gasteiger partial charge in [-0.3, -0.25) is 0 Å². The second kappa shape index (κ2) is 7.75. The first-order valence-electron chi connectivity index (χ1n) is 7.89. The van der Waals surface area contributed by atoms with Crippen LogP contribution in [0.3, 0.4) is 0 Å². The Bertz CT molecular complexity index is 779. The summed E-state index contributed by atoms with van der Waals surface area (Å²) in [6, 6.07) is 25.0. The van der Waals surface area contributed by atoms with Crippen molar-refractivity contribution in [1.29, 1.82) is 0 Å². The van der Waals surface area contributed by atoms with Crippen LogP contribution in [0.25, 0.3) is 10.8 Å². The summed E-state index contributed by atoms with van der Waals surface area (Å²) < 4.78 is 0. The Labute approximate surface area is 142 Å². The van der Waals surface area contributed by atoms with E-state index in [2.05, 4.69) is 59.2 Å². The lowest BCUT2D eigenvalue weighted by molar-refractivity contribution is 0.777. The van der Waals surface area contributed by atoms with Crippen LogP contribution in [0.15, 0.2) is 72.8 Å². The minimum absolute atomic E-state index is 0.675. The summed E-state index contributed by atoms with van der Waals surface area (Å²) >= 11 is 5.41. The summed E-state index contributed by atoms with van der Waals surface area (Å²) in [5.74, 6) is 0. The van der Waals surface area contributed by atoms with Crippen LogP contribution in [0.2, 0.25) is 0 Å². The van der Waals surface area contributed by atoms with Gasteiger partial charge in [-0.05, 0) is 42.1 Å². The summed E-state index contributed by atoms with van der Waals surface area (Å²) in [6.07, 6.45) is 2.12. The Morgan fingerprint density at radius 2 is 1.57 bits per heavy atom. The van der Waals surface area contributed by atoms with Crippen molar-refractivity contribution < 1.29 is 0 Å². The Morgan fingerprint density at radius 1 is 0.826 bits per heavy atom. The van der Waals surface area contributed by atoms with Gasteiger partial charge in [0.1, 0.15) is 0 Å². The van der Waals surface area contributed by atoms with E-state index in [0.29, 0.717) is 5.11 Å². The van der Waals surface area contributed by atoms with Crippen LogP contribution in [0.4, 0.5) is 5.69 Å². The van der Waals surface area contributed by atoms with Gasteiger partial charge in [-0.1, -0.05) is 66.7 Å². The molecule has 0 saturated carbocycles. The van der Waals surface area contributed by atoms with Gasteiger partial charge in [-0.2, -0.15) is 0 Å². The first-order chi connectivity index (χ1) is 11.3. The number of rotatable bonds is 5. The topological polar surface area (TPSA) is 24.1 Å². The summed E-state index contributed by atoms with van der Waals surface area (Å²) in [5, 5.41) is 9.66. The number of benzene rings is 3. The fourth-order valence-corrected chi connectivity index (χ4v) is 2.85. The second-order valence-corrected chi connectivity index (χ2v) is 5.91. The molecule has 0 aromatic heterocycles. The van der Waals surface area contributed by atoms with Crippen molar-refractivity contribution in [1.82, 2.24) is 5.32 Å². The third-order valence-electron chi connectivity index (χ3n) is 3.81. The summed E-state index contributed by atoms with van der Waals surface area (Å²) in [4.78, 5) is 0. The van der Waals surface area contributed by atoms with E-state index in [0.717, 1.165) is 25.1 Å². The lowest BCUT2D eigenvalue weighted by Gasteiger charge is -2.12. The van der Waals surface area contributed by atoms with Gasteiger partial charge in [0, 0.05) is 17.6 Å². The van der Waals surface area contributed by atoms with Gasteiger partial charge >= 0.3 is 0 Å². The lowest BCUT2D eigenvalue weighted by Crippen LogP contribution is -2.29. The molecule has 0 aliphatic rings. The Kier molecular flexibility index (Phi) is 5.22. The molecule has 3 rings (SSSR count). The first kappa shape index (κ1) is 15.5. The number of hydrogen-bond acceptors (Lipinski definition) is 1. The molecule has 116 valence electrons. The van der Waals surface area contributed by atoms with Crippen LogP contribution in [-0.2, 0) is 6.42 Å². The molecule has 0 aliphatic heterocycles. The van der Waals surface area contributed by atoms with E-state index in [9.17, 15) is 0 Å². The Morgan fingerprint density at radius 3 is 2.43 bits per heavy atom. The van der Waals surface area contributed by atoms with E-state index in [1.54, 1.807) is 0 Å². The van der Waals surface area contributed by atoms with Gasteiger partial charge in [0.05, 0.1) is 0 Å². The highest BCUT2D eigenvalue weighted by atomic mass is 32.1. The zero-order valence-electron chi connectivity index (χ0n) is 13.0. The molecule has 0 fully saturated rings. The quantitative estimate of drug-likeness (QED) is 0.523. The maximum absolute atomic E-state index is 5.41. The SMILES string of the molecule is S=C(NCCCc1ccccc1)Nc1cccc2ccccc12. The van der Waals surface area contributed by atoms with E-state index in [4.69, 9.17) is 12.2 Å². The second-order valence-electron chi connectivity index (χ2n) is 5.50. The fourth-order valence-electron chi connectivity index (χ4n) is 2.64. The molecule has 3 aromatic rings. The predicted octanol–water partition coefficient (Wildman–Crippen LogP) is 4.76. The summed E-state index contributed by atoms with van der Waals surface area (Å²) in [7, 11) is 0. The van der Waals surface area contributed by atoms with Crippen LogP contribution >= 0.6 is 12.2 Å². The highest BCUT2D eigenvalue weighted by molar-refractivity contribution is 7.80. The zero-order chi connectivity index (χ0) is 15.9. The third kappa shape index (κ3) is 4.30. The minimum Gasteiger partial charge on any atom is -0.362 e. The molecular weight excluding hydrogens is 300 g/mol. The van der Waals surface area contributed by atoms with Gasteiger partial charge in [0.15, 0.2) is 5.11 Å². The number of fused-ring (bicyclic) bond motifs is 1. The van der Waals surface area contributed by atoms with Gasteiger partial charge < -0.3 is 10.6 Å². The van der Waals surface area contributed by atoms with Crippen molar-refractivity contribution in [2.75, 3.05) is 11.9 Å². The molecule has 0 aliphatic carbocycles. The van der Waals surface area contributed by atoms with Gasteiger partial charge in [0.2, 0.25) is 0 Å². The zero-order valence-corrected chi connectivity index (χ0v) is 13.8. The first-order valence-corrected chi connectivity index (χ1v) is 8.30. The van der Waals surface area contributed by atoms with E-state index >= 15 is 0 Å². The van der Waals surface area contributed by atoms with Gasteiger partial charge in [0.25, 0.3) is 0 Å². The Balaban J connectivity index is 1.51. The lowest BCUT2D eigenvalue weighted by atomic mass is 10.1. The molecule has 0 unspecified atom stereocenters. The maximum atomic E-state index is 5.41. The van der Waals surface area contributed by atoms with Crippen LogP contribution in [0, 0.1) is 0 Å². The van der Waals surface area contributed by atoms with Crippen LogP contribution in [0.5, 0.6) is 0 Å². The van der Waals surface area contributed by atoms with Crippen molar-refractivity contribution in [3.63, 3.8) is 0 Å². The molecule has 0 bridgehead atoms. The average molecular weight is 320 g/mol. The molecule has 0 atom stereocenters. The van der Waals surface area contributed by atoms with Gasteiger partial charge in [-0.15, -0.1) is 0 Å². The molecule has 2 nitrogen and oxygen atoms in total. The molecule has 0 saturated heterocycles. The minimum atomic E-state index is 0.675. The third-order valence-corrected chi connectivity index (χ3v) is 4.05. The molecule has 0 amide bonds. The van der Waals surface area contributed by atoms with E-state index < -0.39 is 0 Å². The number of anilines is 1. The van der Waals surface area contributed by atoms with Crippen molar-refractivity contribution >= 4 is 33.8 Å². The molecule has 0 radical (unpaired) electrons. The summed E-state index contributed by atoms with van der Waals surface area (Å²) in [6.45, 7) is 0.867. The molecule has 3 heteroatoms. The maximum Gasteiger partial charge on any atom is 0.170 e. The standard InChI is InChI=1S/C20H20N2S/c23-20(21-15-7-10-16-8-2-1-3-9-16)22-19-14-6-12-17-11-4-5-13-18(17)19/h1-6,8-9,11-14H,7,10,15H2,(H2,21,22,23). The Hall–Kier alpha value is -2.39. The largest absolute Gasteiger partial charge is 0.362 e. The summed E-state index contributed by atoms with van der Waals surface area (Å²) in [5.41, 5.74) is 2.41. The van der Waals surface area contributed by atoms with Crippen LogP contribution in [0.1, 0.15) is 12.0 Å².